The summed E-state index contributed by atoms with van der Waals surface area (Å²) in [5.41, 5.74) is 9.80. The Morgan fingerprint density at radius 3 is 1.67 bits per heavy atom. The molecule has 27 nitrogen and oxygen atoms in total. The first kappa shape index (κ1) is 63.2. The van der Waals surface area contributed by atoms with Crippen molar-refractivity contribution in [3.05, 3.63) is 72.2 Å². The van der Waals surface area contributed by atoms with Gasteiger partial charge in [0.1, 0.15) is 18.7 Å². The maximum atomic E-state index is 13.6. The van der Waals surface area contributed by atoms with Crippen LogP contribution in [0.1, 0.15) is 35.9 Å². The topological polar surface area (TPSA) is 320 Å². The molecule has 434 valence electrons. The van der Waals surface area contributed by atoms with Crippen LogP contribution in [0.5, 0.6) is 0 Å². The lowest BCUT2D eigenvalue weighted by atomic mass is 10.0. The van der Waals surface area contributed by atoms with Gasteiger partial charge in [-0.1, -0.05) is 19.1 Å². The molecule has 2 aliphatic rings. The molecule has 0 unspecified atom stereocenters. The number of imide groups is 1. The SMILES string of the molecule is CCCN(OCCNc1ncc(C(=O)NCCOCCOCCOCCOCCOCCOCCOCCOCCOCCOCCNC(=O)CN2C(=O)C=CC2=O)o1)C(=O)C1=Cc2ccc(-c3cncnc3)cc2N=C(N)C1. The molecule has 1 aromatic carbocycles. The number of amidine groups is 1. The molecule has 0 bridgehead atoms. The van der Waals surface area contributed by atoms with Gasteiger partial charge in [-0.25, -0.2) is 25.0 Å². The first-order valence-electron chi connectivity index (χ1n) is 26.1. The van der Waals surface area contributed by atoms with Crippen LogP contribution < -0.4 is 21.7 Å². The Bertz CT molecular complexity index is 2360. The molecule has 5 N–H and O–H groups in total. The van der Waals surface area contributed by atoms with Crippen molar-refractivity contribution in [1.29, 1.82) is 0 Å². The van der Waals surface area contributed by atoms with Gasteiger partial charge in [-0.3, -0.25) is 33.7 Å². The summed E-state index contributed by atoms with van der Waals surface area (Å²) >= 11 is 0. The molecular weight excluding hydrogens is 1040 g/mol. The maximum Gasteiger partial charge on any atom is 0.295 e. The van der Waals surface area contributed by atoms with Crippen molar-refractivity contribution in [1.82, 2.24) is 35.5 Å². The van der Waals surface area contributed by atoms with E-state index in [1.165, 1.54) is 17.6 Å². The number of aromatic nitrogens is 3. The fourth-order valence-electron chi connectivity index (χ4n) is 6.97. The third-order valence-electron chi connectivity index (χ3n) is 10.8. The average molecular weight is 1110 g/mol. The molecule has 0 fully saturated rings. The lowest BCUT2D eigenvalue weighted by Gasteiger charge is -2.22. The molecule has 5 amide bonds. The van der Waals surface area contributed by atoms with Gasteiger partial charge in [0, 0.05) is 73.8 Å². The van der Waals surface area contributed by atoms with Gasteiger partial charge in [-0.2, -0.15) is 0 Å². The number of fused-ring (bicyclic) bond motifs is 1. The highest BCUT2D eigenvalue weighted by molar-refractivity contribution is 6.14. The largest absolute Gasteiger partial charge is 0.418 e. The van der Waals surface area contributed by atoms with Crippen molar-refractivity contribution in [3.8, 4) is 11.1 Å². The minimum absolute atomic E-state index is 0.0234. The Labute approximate surface area is 458 Å². The molecule has 3 aromatic rings. The Balaban J connectivity index is 0.731. The monoisotopic (exact) mass is 1110 g/mol. The van der Waals surface area contributed by atoms with E-state index in [1.54, 1.807) is 18.5 Å². The van der Waals surface area contributed by atoms with Gasteiger partial charge in [-0.15, -0.1) is 0 Å². The molecule has 0 aliphatic carbocycles. The Kier molecular flexibility index (Phi) is 31.1. The lowest BCUT2D eigenvalue weighted by Crippen LogP contribution is -2.41. The quantitative estimate of drug-likeness (QED) is 0.0350. The van der Waals surface area contributed by atoms with Crippen LogP contribution in [-0.4, -0.2) is 232 Å². The summed E-state index contributed by atoms with van der Waals surface area (Å²) in [6, 6.07) is 5.82. The number of hydroxylamine groups is 2. The summed E-state index contributed by atoms with van der Waals surface area (Å²) in [6.07, 6.45) is 11.1. The van der Waals surface area contributed by atoms with E-state index in [1.807, 2.05) is 25.1 Å². The van der Waals surface area contributed by atoms with Crippen molar-refractivity contribution in [2.75, 3.05) is 177 Å². The number of hydrogen-bond donors (Lipinski definition) is 4. The van der Waals surface area contributed by atoms with E-state index in [2.05, 4.69) is 35.9 Å². The first-order chi connectivity index (χ1) is 38.7. The summed E-state index contributed by atoms with van der Waals surface area (Å²) in [6.45, 7) is 10.8. The number of rotatable bonds is 45. The van der Waals surface area contributed by atoms with Crippen molar-refractivity contribution in [3.63, 3.8) is 0 Å². The number of carbonyl (C=O) groups excluding carboxylic acids is 5. The van der Waals surface area contributed by atoms with Crippen molar-refractivity contribution >= 4 is 53.1 Å². The molecule has 0 saturated carbocycles. The number of ether oxygens (including phenoxy) is 10. The molecule has 0 spiro atoms. The molecule has 79 heavy (non-hydrogen) atoms. The minimum atomic E-state index is -0.501. The molecule has 0 atom stereocenters. The van der Waals surface area contributed by atoms with Crippen LogP contribution in [0, 0.1) is 0 Å². The van der Waals surface area contributed by atoms with Gasteiger partial charge in [0.05, 0.1) is 151 Å². The van der Waals surface area contributed by atoms with Crippen molar-refractivity contribution in [2.45, 2.75) is 19.8 Å². The third kappa shape index (κ3) is 25.8. The normalized spacial score (nSPS) is 13.1. The van der Waals surface area contributed by atoms with Gasteiger partial charge in [-0.05, 0) is 24.1 Å². The Morgan fingerprint density at radius 2 is 1.15 bits per heavy atom. The Hall–Kier alpha value is -6.63. The molecule has 0 saturated heterocycles. The van der Waals surface area contributed by atoms with E-state index in [-0.39, 0.29) is 70.1 Å². The van der Waals surface area contributed by atoms with E-state index in [4.69, 9.17) is 62.4 Å². The predicted octanol–water partition coefficient (Wildman–Crippen LogP) is 1.13. The molecule has 2 aliphatic heterocycles. The second-order valence-electron chi connectivity index (χ2n) is 16.9. The van der Waals surface area contributed by atoms with Gasteiger partial charge in [0.25, 0.3) is 29.6 Å². The average Bonchev–Trinajstić information content (AvgIpc) is 4.04. The highest BCUT2D eigenvalue weighted by Gasteiger charge is 2.26. The van der Waals surface area contributed by atoms with Gasteiger partial charge < -0.3 is 73.5 Å². The summed E-state index contributed by atoms with van der Waals surface area (Å²) in [5, 5.41) is 9.59. The van der Waals surface area contributed by atoms with Crippen LogP contribution in [0.25, 0.3) is 17.2 Å². The summed E-state index contributed by atoms with van der Waals surface area (Å²) < 4.78 is 60.4. The summed E-state index contributed by atoms with van der Waals surface area (Å²) in [4.78, 5) is 84.6. The number of carbonyl (C=O) groups is 5. The van der Waals surface area contributed by atoms with Crippen LogP contribution in [-0.2, 0) is 71.4 Å². The fraction of sp³-hybridized carbons (Fsp3) is 0.558. The number of amides is 5. The molecular formula is C52H74N10O17. The molecule has 2 aromatic heterocycles. The number of nitrogens with one attached hydrogen (secondary N) is 3. The molecule has 0 radical (unpaired) electrons. The summed E-state index contributed by atoms with van der Waals surface area (Å²) in [5.74, 6) is -1.88. The van der Waals surface area contributed by atoms with E-state index >= 15 is 0 Å². The fourth-order valence-corrected chi connectivity index (χ4v) is 6.97. The van der Waals surface area contributed by atoms with E-state index in [0.717, 1.165) is 33.7 Å². The van der Waals surface area contributed by atoms with Crippen LogP contribution in [0.2, 0.25) is 0 Å². The first-order valence-corrected chi connectivity index (χ1v) is 26.1. The van der Waals surface area contributed by atoms with Gasteiger partial charge in [0.2, 0.25) is 11.7 Å². The zero-order valence-electron chi connectivity index (χ0n) is 44.8. The summed E-state index contributed by atoms with van der Waals surface area (Å²) in [7, 11) is 0. The number of nitrogens with zero attached hydrogens (tertiary/aromatic N) is 6. The molecule has 27 heteroatoms. The second-order valence-corrected chi connectivity index (χ2v) is 16.9. The Morgan fingerprint density at radius 1 is 0.646 bits per heavy atom. The smallest absolute Gasteiger partial charge is 0.295 e. The number of aliphatic imine (C=N–C) groups is 1. The predicted molar refractivity (Wildman–Crippen MR) is 284 cm³/mol. The van der Waals surface area contributed by atoms with Crippen LogP contribution >= 0.6 is 0 Å². The van der Waals surface area contributed by atoms with Gasteiger partial charge >= 0.3 is 0 Å². The van der Waals surface area contributed by atoms with Crippen molar-refractivity contribution in [2.24, 2.45) is 10.7 Å². The molecule has 4 heterocycles. The lowest BCUT2D eigenvalue weighted by molar-refractivity contribution is -0.180. The van der Waals surface area contributed by atoms with Gasteiger partial charge in [0.15, 0.2) is 0 Å². The van der Waals surface area contributed by atoms with Crippen molar-refractivity contribution < 1.29 is 80.6 Å². The number of nitrogens with two attached hydrogens (primary N) is 1. The van der Waals surface area contributed by atoms with E-state index < -0.39 is 23.6 Å². The highest BCUT2D eigenvalue weighted by Crippen LogP contribution is 2.31. The van der Waals surface area contributed by atoms with E-state index in [9.17, 15) is 24.0 Å². The number of hydrogen-bond acceptors (Lipinski definition) is 23. The van der Waals surface area contributed by atoms with Crippen LogP contribution in [0.3, 0.4) is 0 Å². The zero-order chi connectivity index (χ0) is 56.0. The van der Waals surface area contributed by atoms with Crippen LogP contribution in [0.4, 0.5) is 11.7 Å². The maximum absolute atomic E-state index is 13.6. The second kappa shape index (κ2) is 38.9. The molecule has 5 rings (SSSR count). The third-order valence-corrected chi connectivity index (χ3v) is 10.8. The standard InChI is InChI=1S/C52H74N10O17/c1-2-10-62(51(67)42-32-41-4-3-40(43-35-54-39-55-36-43)33-44(41)60-46(53)34-42)78-13-9-58-52-59-37-45(79-52)50(66)57-8-12-69-15-17-71-19-21-73-23-25-75-27-29-77-31-30-76-28-26-74-24-22-72-20-18-70-16-14-68-11-7-56-47(63)38-61-48(64)5-6-49(61)65/h3-6,32-33,35-37,39H,2,7-31,34,38H2,1H3,(H2,53,60)(H,56,63)(H,57,66)(H,58,59). The number of anilines is 1. The number of oxazole rings is 1. The zero-order valence-corrected chi connectivity index (χ0v) is 44.8. The minimum Gasteiger partial charge on any atom is -0.418 e. The highest BCUT2D eigenvalue weighted by atomic mass is 16.7. The van der Waals surface area contributed by atoms with E-state index in [0.29, 0.717) is 149 Å². The van der Waals surface area contributed by atoms with Crippen LogP contribution in [0.15, 0.2) is 70.3 Å². The number of benzene rings is 1.